The van der Waals surface area contributed by atoms with E-state index >= 15 is 0 Å². The number of furan rings is 2. The second-order valence-corrected chi connectivity index (χ2v) is 19.7. The summed E-state index contributed by atoms with van der Waals surface area (Å²) in [6.45, 7) is 14.1. The Labute approximate surface area is 401 Å². The van der Waals surface area contributed by atoms with Gasteiger partial charge in [-0.15, -0.1) is 0 Å². The molecule has 0 saturated carbocycles. The number of para-hydroxylation sites is 3. The highest BCUT2D eigenvalue weighted by atomic mass is 16.3. The van der Waals surface area contributed by atoms with E-state index in [0.717, 1.165) is 4.90 Å². The first-order valence-corrected chi connectivity index (χ1v) is 20.9. The molecule has 0 atom stereocenters. The van der Waals surface area contributed by atoms with E-state index in [1.54, 1.807) is 62.3 Å². The van der Waals surface area contributed by atoms with Crippen LogP contribution >= 0.6 is 0 Å². The summed E-state index contributed by atoms with van der Waals surface area (Å²) in [5, 5.41) is 10.5. The molecule has 0 radical (unpaired) electrons. The molecule has 0 amide bonds. The van der Waals surface area contributed by atoms with Crippen LogP contribution in [-0.2, 0) is 16.2 Å². The highest BCUT2D eigenvalue weighted by Crippen LogP contribution is 2.55. The second-order valence-electron chi connectivity index (χ2n) is 19.7. The monoisotopic (exact) mass is 851 g/mol. The van der Waals surface area contributed by atoms with E-state index < -0.39 is 153 Å². The Kier molecular flexibility index (Phi) is 4.24. The van der Waals surface area contributed by atoms with Crippen LogP contribution in [0, 0.1) is 11.3 Å². The summed E-state index contributed by atoms with van der Waals surface area (Å²) < 4.78 is 208. The molecule has 0 spiro atoms. The number of aromatic nitrogens is 1. The first-order valence-electron chi connectivity index (χ1n) is 30.9. The van der Waals surface area contributed by atoms with Gasteiger partial charge in [-0.05, 0) is 110 Å². The first kappa shape index (κ1) is 22.5. The fourth-order valence-electron chi connectivity index (χ4n) is 9.37. The molecule has 3 aliphatic rings. The lowest BCUT2D eigenvalue weighted by molar-refractivity contribution is 0.590. The summed E-state index contributed by atoms with van der Waals surface area (Å²) >= 11 is 0. The number of anilines is 6. The summed E-state index contributed by atoms with van der Waals surface area (Å²) in [5.41, 5.74) is -7.74. The molecule has 0 unspecified atom stereocenters. The van der Waals surface area contributed by atoms with Gasteiger partial charge in [0.2, 0.25) is 0 Å². The zero-order valence-electron chi connectivity index (χ0n) is 56.2. The third-order valence-corrected chi connectivity index (χ3v) is 12.4. The molecule has 13 rings (SSSR count). The van der Waals surface area contributed by atoms with Crippen LogP contribution in [0.15, 0.2) is 130 Å². The number of benzene rings is 7. The normalized spacial score (nSPS) is 18.6. The van der Waals surface area contributed by atoms with Gasteiger partial charge >= 0.3 is 0 Å². The lowest BCUT2D eigenvalue weighted by atomic mass is 9.35. The van der Waals surface area contributed by atoms with Gasteiger partial charge in [-0.2, -0.15) is 5.26 Å². The third kappa shape index (κ3) is 4.81. The smallest absolute Gasteiger partial charge is 0.297 e. The Morgan fingerprint density at radius 3 is 1.89 bits per heavy atom. The number of nitriles is 1. The Morgan fingerprint density at radius 1 is 0.531 bits per heavy atom. The van der Waals surface area contributed by atoms with E-state index in [2.05, 4.69) is 0 Å². The van der Waals surface area contributed by atoms with Crippen LogP contribution in [0.1, 0.15) is 112 Å². The SMILES string of the molecule is [2H]c1c([2H])c2c3c(c1[2H])-n1c4c([2H])c([2H])c(C(C)(C)C)c([2H])c4c4c([2H])c(C(C)(C)C)c([2H])c(c41)N3c1c([2H])c(C#N)c([2H])c3c1B2c1oc2c([2H])c([2H])c(C(C)(C)C)c([2H])c2c1N3c1c([2H])c([2H])c([2H])c2c1oc1c([2H])c([2H])c([2H])c([2H])c12. The maximum absolute atomic E-state index is 11.4. The number of rotatable bonds is 1. The standard InChI is InChI=1S/C57H47BN4O2/c1-55(2,3)32-20-22-41-37(26-32)38-28-34(57(7,8)9)29-46-50(38)60(41)42-17-13-16-40-52(42)62(46)45-25-31(30-59)24-44-49(45)58(40)54-51(39-27-33(56(4,5)6)21-23-48(39)64-54)61(44)43-18-12-15-36-35-14-10-11-19-47(35)63-53(36)43/h10-29H,1-9H3/i10D,11D,12D,13D,14D,15D,16D,17D,18D,19D,20D,21D,22D,23D,24D,25D,26D,27D,28D,29D. The van der Waals surface area contributed by atoms with E-state index in [1.807, 2.05) is 6.07 Å². The van der Waals surface area contributed by atoms with Crippen molar-refractivity contribution in [1.29, 1.82) is 5.26 Å². The topological polar surface area (TPSA) is 61.5 Å². The molecule has 6 nitrogen and oxygen atoms in total. The summed E-state index contributed by atoms with van der Waals surface area (Å²) in [7, 11) is 0. The first-order chi connectivity index (χ1) is 39.0. The highest BCUT2D eigenvalue weighted by molar-refractivity contribution is 7.00. The Balaban J connectivity index is 1.35. The van der Waals surface area contributed by atoms with Gasteiger partial charge in [0, 0.05) is 38.3 Å². The molecule has 6 heterocycles. The fourth-order valence-corrected chi connectivity index (χ4v) is 9.37. The van der Waals surface area contributed by atoms with Gasteiger partial charge in [-0.3, -0.25) is 0 Å². The van der Waals surface area contributed by atoms with Crippen molar-refractivity contribution in [2.75, 3.05) is 9.80 Å². The number of hydrogen-bond acceptors (Lipinski definition) is 5. The zero-order chi connectivity index (χ0) is 61.3. The van der Waals surface area contributed by atoms with Crippen molar-refractivity contribution in [3.05, 3.63) is 143 Å². The summed E-state index contributed by atoms with van der Waals surface area (Å²) in [5.74, 6) is 0. The molecule has 0 bridgehead atoms. The van der Waals surface area contributed by atoms with E-state index in [1.165, 1.54) is 9.47 Å². The second kappa shape index (κ2) is 12.1. The van der Waals surface area contributed by atoms with Crippen molar-refractivity contribution < 1.29 is 36.2 Å². The van der Waals surface area contributed by atoms with E-state index in [4.69, 9.17) is 14.3 Å². The largest absolute Gasteiger partial charge is 0.468 e. The molecule has 3 aliphatic heterocycles. The molecule has 0 fully saturated rings. The van der Waals surface area contributed by atoms with E-state index in [-0.39, 0.29) is 124 Å². The summed E-state index contributed by atoms with van der Waals surface area (Å²) in [6, 6.07) is -9.38. The maximum Gasteiger partial charge on any atom is 0.297 e. The molecule has 10 aromatic rings. The number of hydrogen-bond donors (Lipinski definition) is 0. The minimum atomic E-state index is -1.68. The zero-order valence-corrected chi connectivity index (χ0v) is 36.2. The fraction of sp³-hybridized carbons (Fsp3) is 0.211. The van der Waals surface area contributed by atoms with Gasteiger partial charge in [-0.1, -0.05) is 117 Å². The minimum absolute atomic E-state index is 0.00964. The highest BCUT2D eigenvalue weighted by Gasteiger charge is 2.49. The van der Waals surface area contributed by atoms with Crippen molar-refractivity contribution in [3.8, 4) is 11.8 Å². The third-order valence-electron chi connectivity index (χ3n) is 12.4. The lowest BCUT2D eigenvalue weighted by Crippen LogP contribution is -2.61. The van der Waals surface area contributed by atoms with Gasteiger partial charge in [-0.25, -0.2) is 0 Å². The van der Waals surface area contributed by atoms with Crippen LogP contribution in [0.5, 0.6) is 0 Å². The molecule has 0 aliphatic carbocycles. The Hall–Kier alpha value is -7.17. The molecule has 3 aromatic heterocycles. The van der Waals surface area contributed by atoms with E-state index in [9.17, 15) is 27.2 Å². The Morgan fingerprint density at radius 2 is 1.16 bits per heavy atom. The van der Waals surface area contributed by atoms with Gasteiger partial charge in [0.05, 0.1) is 84.2 Å². The average molecular weight is 851 g/mol. The molecule has 7 aromatic carbocycles. The van der Waals surface area contributed by atoms with Crippen LogP contribution < -0.4 is 26.4 Å². The summed E-state index contributed by atoms with van der Waals surface area (Å²) in [6.07, 6.45) is 0. The van der Waals surface area contributed by atoms with Crippen molar-refractivity contribution in [3.63, 3.8) is 0 Å². The van der Waals surface area contributed by atoms with Crippen molar-refractivity contribution in [2.24, 2.45) is 0 Å². The number of fused-ring (bicyclic) bond motifs is 14. The van der Waals surface area contributed by atoms with Crippen molar-refractivity contribution >= 4 is 112 Å². The maximum atomic E-state index is 11.4. The van der Waals surface area contributed by atoms with Crippen LogP contribution in [0.2, 0.25) is 0 Å². The van der Waals surface area contributed by atoms with Crippen molar-refractivity contribution in [1.82, 2.24) is 4.57 Å². The average Bonchev–Trinajstić information content (AvgIpc) is 1.26. The van der Waals surface area contributed by atoms with Crippen LogP contribution in [0.25, 0.3) is 60.4 Å². The predicted molar refractivity (Wildman–Crippen MR) is 266 cm³/mol. The number of nitrogens with zero attached hydrogens (tertiary/aromatic N) is 4. The quantitative estimate of drug-likeness (QED) is 0.154. The van der Waals surface area contributed by atoms with Crippen LogP contribution in [-0.4, -0.2) is 11.3 Å². The molecule has 0 saturated heterocycles. The molecule has 7 heteroatoms. The van der Waals surface area contributed by atoms with Crippen molar-refractivity contribution in [2.45, 2.75) is 78.6 Å². The molecular weight excluding hydrogens is 783 g/mol. The van der Waals surface area contributed by atoms with Gasteiger partial charge < -0.3 is 23.2 Å². The molecule has 0 N–H and O–H groups in total. The molecular formula is C57H47BN4O2. The van der Waals surface area contributed by atoms with Gasteiger partial charge in [0.15, 0.2) is 5.58 Å². The van der Waals surface area contributed by atoms with Crippen LogP contribution in [0.3, 0.4) is 0 Å². The molecule has 310 valence electrons. The molecule has 64 heavy (non-hydrogen) atoms. The summed E-state index contributed by atoms with van der Waals surface area (Å²) in [4.78, 5) is 2.51. The van der Waals surface area contributed by atoms with Gasteiger partial charge in [0.25, 0.3) is 6.71 Å². The van der Waals surface area contributed by atoms with E-state index in [0.29, 0.717) is 0 Å². The minimum Gasteiger partial charge on any atom is -0.468 e. The lowest BCUT2D eigenvalue weighted by Gasteiger charge is -2.45. The van der Waals surface area contributed by atoms with Gasteiger partial charge in [0.1, 0.15) is 11.2 Å². The predicted octanol–water partition coefficient (Wildman–Crippen LogP) is 13.6. The van der Waals surface area contributed by atoms with Crippen LogP contribution in [0.4, 0.5) is 34.1 Å². The Bertz CT molecular complexity index is 4960.